The molecule has 0 saturated carbocycles. The summed E-state index contributed by atoms with van der Waals surface area (Å²) in [5, 5.41) is 14.5. The van der Waals surface area contributed by atoms with Gasteiger partial charge in [0.2, 0.25) is 0 Å². The molecular formula is C52H31N5S. The highest BCUT2D eigenvalue weighted by molar-refractivity contribution is 7.25. The summed E-state index contributed by atoms with van der Waals surface area (Å²) >= 11 is 1.83. The Morgan fingerprint density at radius 1 is 0.397 bits per heavy atom. The summed E-state index contributed by atoms with van der Waals surface area (Å²) in [6.45, 7) is 0. The zero-order valence-corrected chi connectivity index (χ0v) is 31.9. The van der Waals surface area contributed by atoms with E-state index in [1.165, 1.54) is 30.9 Å². The van der Waals surface area contributed by atoms with Gasteiger partial charge in [-0.05, 0) is 82.9 Å². The second-order valence-corrected chi connectivity index (χ2v) is 15.4. The van der Waals surface area contributed by atoms with Gasteiger partial charge in [0.15, 0.2) is 17.5 Å². The van der Waals surface area contributed by atoms with Gasteiger partial charge in [-0.3, -0.25) is 0 Å². The van der Waals surface area contributed by atoms with Crippen LogP contribution in [-0.4, -0.2) is 19.5 Å². The van der Waals surface area contributed by atoms with Gasteiger partial charge in [0.25, 0.3) is 0 Å². The van der Waals surface area contributed by atoms with Gasteiger partial charge in [-0.1, -0.05) is 127 Å². The van der Waals surface area contributed by atoms with Crippen molar-refractivity contribution in [1.82, 2.24) is 19.5 Å². The predicted octanol–water partition coefficient (Wildman–Crippen LogP) is 13.5. The first-order valence-electron chi connectivity index (χ1n) is 19.2. The number of benzene rings is 8. The summed E-state index contributed by atoms with van der Waals surface area (Å²) in [6.07, 6.45) is 0. The topological polar surface area (TPSA) is 67.4 Å². The third-order valence-electron chi connectivity index (χ3n) is 10.9. The zero-order chi connectivity index (χ0) is 38.6. The smallest absolute Gasteiger partial charge is 0.166 e. The van der Waals surface area contributed by atoms with Crippen molar-refractivity contribution >= 4 is 53.3 Å². The van der Waals surface area contributed by atoms with Crippen molar-refractivity contribution in [2.75, 3.05) is 0 Å². The van der Waals surface area contributed by atoms with Gasteiger partial charge in [-0.25, -0.2) is 15.0 Å². The van der Waals surface area contributed by atoms with Crippen LogP contribution in [0.5, 0.6) is 0 Å². The van der Waals surface area contributed by atoms with Crippen LogP contribution in [0.2, 0.25) is 0 Å². The molecule has 0 fully saturated rings. The van der Waals surface area contributed by atoms with E-state index in [-0.39, 0.29) is 0 Å². The molecule has 0 bridgehead atoms. The standard InChI is InChI=1S/C52H31N5S/c53-32-33-18-20-36(21-19-33)50-54-51(37-24-22-35(23-25-37)39-26-28-43-42-14-6-9-17-48(42)58-49(43)31-39)56-52(55-50)44-29-27-38(34-10-2-1-3-11-34)30-47(44)57-45-15-7-4-12-40(45)41-13-5-8-16-46(41)57/h1-31H. The van der Waals surface area contributed by atoms with Gasteiger partial charge < -0.3 is 4.57 Å². The Labute approximate surface area is 338 Å². The van der Waals surface area contributed by atoms with Crippen LogP contribution >= 0.6 is 11.3 Å². The summed E-state index contributed by atoms with van der Waals surface area (Å²) in [5.74, 6) is 1.65. The monoisotopic (exact) mass is 757 g/mol. The molecule has 11 aromatic rings. The molecule has 0 N–H and O–H groups in total. The molecule has 270 valence electrons. The lowest BCUT2D eigenvalue weighted by Crippen LogP contribution is -2.04. The van der Waals surface area contributed by atoms with Crippen molar-refractivity contribution in [2.45, 2.75) is 0 Å². The number of thiophene rings is 1. The van der Waals surface area contributed by atoms with Crippen LogP contribution < -0.4 is 0 Å². The number of hydrogen-bond donors (Lipinski definition) is 0. The number of nitrogens with zero attached hydrogens (tertiary/aromatic N) is 5. The van der Waals surface area contributed by atoms with Gasteiger partial charge in [-0.2, -0.15) is 5.26 Å². The summed E-state index contributed by atoms with van der Waals surface area (Å²) in [7, 11) is 0. The Morgan fingerprint density at radius 3 is 1.59 bits per heavy atom. The second-order valence-electron chi connectivity index (χ2n) is 14.3. The van der Waals surface area contributed by atoms with Crippen LogP contribution in [0.4, 0.5) is 0 Å². The molecule has 0 aliphatic rings. The molecule has 8 aromatic carbocycles. The number of para-hydroxylation sites is 2. The highest BCUT2D eigenvalue weighted by Gasteiger charge is 2.20. The molecule has 0 amide bonds. The first kappa shape index (κ1) is 33.6. The summed E-state index contributed by atoms with van der Waals surface area (Å²) in [6, 6.07) is 67.5. The molecule has 0 unspecified atom stereocenters. The number of hydrogen-bond acceptors (Lipinski definition) is 5. The molecule has 0 saturated heterocycles. The first-order valence-corrected chi connectivity index (χ1v) is 20.0. The number of rotatable bonds is 6. The molecule has 0 radical (unpaired) electrons. The van der Waals surface area contributed by atoms with Crippen molar-refractivity contribution in [3.8, 4) is 68.2 Å². The third-order valence-corrected chi connectivity index (χ3v) is 12.1. The van der Waals surface area contributed by atoms with Crippen molar-refractivity contribution in [3.63, 3.8) is 0 Å². The van der Waals surface area contributed by atoms with E-state index in [2.05, 4.69) is 168 Å². The highest BCUT2D eigenvalue weighted by atomic mass is 32.1. The van der Waals surface area contributed by atoms with E-state index in [0.717, 1.165) is 55.7 Å². The lowest BCUT2D eigenvalue weighted by Gasteiger charge is -2.16. The van der Waals surface area contributed by atoms with E-state index < -0.39 is 0 Å². The van der Waals surface area contributed by atoms with E-state index in [1.54, 1.807) is 12.1 Å². The Balaban J connectivity index is 1.10. The van der Waals surface area contributed by atoms with Gasteiger partial charge in [0.1, 0.15) is 0 Å². The zero-order valence-electron chi connectivity index (χ0n) is 31.0. The molecule has 58 heavy (non-hydrogen) atoms. The van der Waals surface area contributed by atoms with Crippen molar-refractivity contribution in [1.29, 1.82) is 5.26 Å². The van der Waals surface area contributed by atoms with E-state index >= 15 is 0 Å². The average molecular weight is 758 g/mol. The predicted molar refractivity (Wildman–Crippen MR) is 239 cm³/mol. The fourth-order valence-corrected chi connectivity index (χ4v) is 9.21. The lowest BCUT2D eigenvalue weighted by molar-refractivity contribution is 1.06. The minimum atomic E-state index is 0.532. The molecule has 0 spiro atoms. The van der Waals surface area contributed by atoms with Crippen LogP contribution in [-0.2, 0) is 0 Å². The number of aromatic nitrogens is 4. The van der Waals surface area contributed by atoms with Crippen LogP contribution in [0.1, 0.15) is 5.56 Å². The molecule has 0 aliphatic carbocycles. The van der Waals surface area contributed by atoms with Gasteiger partial charge >= 0.3 is 0 Å². The van der Waals surface area contributed by atoms with Crippen LogP contribution in [0.15, 0.2) is 188 Å². The van der Waals surface area contributed by atoms with Crippen molar-refractivity contribution in [3.05, 3.63) is 194 Å². The van der Waals surface area contributed by atoms with Gasteiger partial charge in [0.05, 0.1) is 28.4 Å². The van der Waals surface area contributed by atoms with Crippen molar-refractivity contribution in [2.24, 2.45) is 0 Å². The van der Waals surface area contributed by atoms with Crippen LogP contribution in [0, 0.1) is 11.3 Å². The minimum Gasteiger partial charge on any atom is -0.308 e. The fourth-order valence-electron chi connectivity index (χ4n) is 8.06. The van der Waals surface area contributed by atoms with E-state index in [9.17, 15) is 5.26 Å². The Morgan fingerprint density at radius 2 is 0.897 bits per heavy atom. The Bertz CT molecular complexity index is 3340. The first-order chi connectivity index (χ1) is 28.7. The maximum Gasteiger partial charge on any atom is 0.166 e. The largest absolute Gasteiger partial charge is 0.308 e. The average Bonchev–Trinajstić information content (AvgIpc) is 3.84. The van der Waals surface area contributed by atoms with E-state index in [4.69, 9.17) is 15.0 Å². The third kappa shape index (κ3) is 5.73. The SMILES string of the molecule is N#Cc1ccc(-c2nc(-c3ccc(-c4ccc5c(c4)sc4ccccc45)cc3)nc(-c3ccc(-c4ccccc4)cc3-n3c4ccccc4c4ccccc43)n2)cc1. The molecule has 0 atom stereocenters. The Kier molecular flexibility index (Phi) is 7.99. The summed E-state index contributed by atoms with van der Waals surface area (Å²) in [4.78, 5) is 15.5. The van der Waals surface area contributed by atoms with Gasteiger partial charge in [0, 0.05) is 47.6 Å². The fraction of sp³-hybridized carbons (Fsp3) is 0. The molecule has 6 heteroatoms. The normalized spacial score (nSPS) is 11.4. The Hall–Kier alpha value is -7.72. The van der Waals surface area contributed by atoms with Crippen LogP contribution in [0.25, 0.3) is 104 Å². The second kappa shape index (κ2) is 13.8. The maximum atomic E-state index is 9.56. The summed E-state index contributed by atoms with van der Waals surface area (Å²) in [5.41, 5.74) is 10.8. The van der Waals surface area contributed by atoms with Crippen LogP contribution in [0.3, 0.4) is 0 Å². The highest BCUT2D eigenvalue weighted by Crippen LogP contribution is 2.39. The lowest BCUT2D eigenvalue weighted by atomic mass is 10.0. The van der Waals surface area contributed by atoms with Crippen molar-refractivity contribution < 1.29 is 0 Å². The maximum absolute atomic E-state index is 9.56. The number of nitriles is 1. The molecular weight excluding hydrogens is 727 g/mol. The molecule has 3 heterocycles. The molecule has 5 nitrogen and oxygen atoms in total. The van der Waals surface area contributed by atoms with E-state index in [1.807, 2.05) is 29.5 Å². The van der Waals surface area contributed by atoms with E-state index in [0.29, 0.717) is 23.0 Å². The quantitative estimate of drug-likeness (QED) is 0.169. The molecule has 0 aliphatic heterocycles. The summed E-state index contributed by atoms with van der Waals surface area (Å²) < 4.78 is 4.90. The molecule has 3 aromatic heterocycles. The number of fused-ring (bicyclic) bond motifs is 6. The minimum absolute atomic E-state index is 0.532. The molecule has 11 rings (SSSR count). The van der Waals surface area contributed by atoms with Gasteiger partial charge in [-0.15, -0.1) is 11.3 Å².